The number of hydrogen-bond acceptors (Lipinski definition) is 4. The second-order valence-electron chi connectivity index (χ2n) is 4.08. The van der Waals surface area contributed by atoms with Crippen molar-refractivity contribution in [2.75, 3.05) is 0 Å². The summed E-state index contributed by atoms with van der Waals surface area (Å²) in [7, 11) is 0. The number of benzene rings is 1. The Morgan fingerprint density at radius 1 is 1.42 bits per heavy atom. The van der Waals surface area contributed by atoms with Gasteiger partial charge in [0.2, 0.25) is 0 Å². The fourth-order valence-electron chi connectivity index (χ4n) is 2.05. The van der Waals surface area contributed by atoms with Crippen molar-refractivity contribution in [2.24, 2.45) is 0 Å². The minimum atomic E-state index is -0.449. The van der Waals surface area contributed by atoms with Gasteiger partial charge in [-0.05, 0) is 13.0 Å². The Morgan fingerprint density at radius 3 is 2.89 bits per heavy atom. The van der Waals surface area contributed by atoms with Gasteiger partial charge in [0.15, 0.2) is 5.65 Å². The predicted octanol–water partition coefficient (Wildman–Crippen LogP) is 3.17. The van der Waals surface area contributed by atoms with Gasteiger partial charge in [-0.1, -0.05) is 11.6 Å². The maximum Gasteiger partial charge on any atom is 0.270 e. The molecule has 6 nitrogen and oxygen atoms in total. The first-order valence-electron chi connectivity index (χ1n) is 5.71. The van der Waals surface area contributed by atoms with Crippen molar-refractivity contribution < 1.29 is 4.92 Å². The number of aryl methyl sites for hydroxylation is 1. The number of non-ortho nitro benzene ring substituents is 1. The lowest BCUT2D eigenvalue weighted by Crippen LogP contribution is -1.97. The monoisotopic (exact) mass is 276 g/mol. The van der Waals surface area contributed by atoms with Crippen LogP contribution in [-0.4, -0.2) is 19.7 Å². The van der Waals surface area contributed by atoms with Crippen LogP contribution < -0.4 is 0 Å². The molecule has 0 saturated carbocycles. The molecule has 3 rings (SSSR count). The molecule has 0 aliphatic carbocycles. The molecule has 0 saturated heterocycles. The fraction of sp³-hybridized carbons (Fsp3) is 0.167. The summed E-state index contributed by atoms with van der Waals surface area (Å²) in [5.74, 6) is 0. The van der Waals surface area contributed by atoms with Crippen molar-refractivity contribution in [1.29, 1.82) is 0 Å². The molecule has 0 aliphatic rings. The number of hydrogen-bond donors (Lipinski definition) is 0. The minimum absolute atomic E-state index is 0.00145. The van der Waals surface area contributed by atoms with Gasteiger partial charge in [-0.2, -0.15) is 5.10 Å². The highest BCUT2D eigenvalue weighted by Crippen LogP contribution is 2.32. The molecular weight excluding hydrogens is 268 g/mol. The highest BCUT2D eigenvalue weighted by atomic mass is 35.5. The molecule has 0 N–H and O–H groups in total. The van der Waals surface area contributed by atoms with E-state index in [9.17, 15) is 10.1 Å². The van der Waals surface area contributed by atoms with Gasteiger partial charge in [-0.3, -0.25) is 10.1 Å². The van der Waals surface area contributed by atoms with Crippen LogP contribution in [0.2, 0.25) is 5.02 Å². The minimum Gasteiger partial charge on any atom is -0.258 e. The molecule has 0 atom stereocenters. The summed E-state index contributed by atoms with van der Waals surface area (Å²) >= 11 is 6.31. The largest absolute Gasteiger partial charge is 0.270 e. The fourth-order valence-corrected chi connectivity index (χ4v) is 2.34. The normalized spacial score (nSPS) is 11.3. The first-order valence-corrected chi connectivity index (χ1v) is 6.08. The van der Waals surface area contributed by atoms with E-state index in [1.807, 2.05) is 6.92 Å². The summed E-state index contributed by atoms with van der Waals surface area (Å²) < 4.78 is 1.74. The number of halogens is 1. The van der Waals surface area contributed by atoms with Crippen LogP contribution in [0.5, 0.6) is 0 Å². The topological polar surface area (TPSA) is 73.8 Å². The summed E-state index contributed by atoms with van der Waals surface area (Å²) in [5.41, 5.74) is 1.31. The molecule has 0 fully saturated rings. The van der Waals surface area contributed by atoms with Crippen LogP contribution >= 0.6 is 11.6 Å². The maximum atomic E-state index is 10.8. The summed E-state index contributed by atoms with van der Waals surface area (Å²) in [4.78, 5) is 14.8. The van der Waals surface area contributed by atoms with Crippen LogP contribution in [0.15, 0.2) is 24.4 Å². The molecule has 2 aromatic heterocycles. The average Bonchev–Trinajstić information content (AvgIpc) is 2.81. The third-order valence-corrected chi connectivity index (χ3v) is 3.41. The van der Waals surface area contributed by atoms with Crippen molar-refractivity contribution in [1.82, 2.24) is 14.8 Å². The zero-order valence-electron chi connectivity index (χ0n) is 10.00. The molecule has 3 aromatic rings. The number of fused-ring (bicyclic) bond motifs is 2. The predicted molar refractivity (Wildman–Crippen MR) is 72.4 cm³/mol. The third kappa shape index (κ3) is 1.72. The van der Waals surface area contributed by atoms with Crippen LogP contribution in [0.3, 0.4) is 0 Å². The lowest BCUT2D eigenvalue weighted by molar-refractivity contribution is -0.384. The molecule has 0 unspecified atom stereocenters. The van der Waals surface area contributed by atoms with Gasteiger partial charge in [0.05, 0.1) is 27.0 Å². The molecule has 0 spiro atoms. The van der Waals surface area contributed by atoms with Gasteiger partial charge < -0.3 is 0 Å². The summed E-state index contributed by atoms with van der Waals surface area (Å²) in [5, 5.41) is 16.7. The van der Waals surface area contributed by atoms with Gasteiger partial charge in [0.25, 0.3) is 5.69 Å². The van der Waals surface area contributed by atoms with Gasteiger partial charge >= 0.3 is 0 Å². The molecule has 2 heterocycles. The molecule has 0 aliphatic heterocycles. The van der Waals surface area contributed by atoms with E-state index in [-0.39, 0.29) is 5.69 Å². The first-order chi connectivity index (χ1) is 9.11. The number of pyridine rings is 1. The van der Waals surface area contributed by atoms with Crippen LogP contribution in [0.4, 0.5) is 5.69 Å². The molecule has 19 heavy (non-hydrogen) atoms. The summed E-state index contributed by atoms with van der Waals surface area (Å²) in [6.07, 6.45) is 1.63. The zero-order chi connectivity index (χ0) is 13.6. The van der Waals surface area contributed by atoms with Crippen LogP contribution in [-0.2, 0) is 6.54 Å². The Hall–Kier alpha value is -2.21. The Bertz CT molecular complexity index is 812. The summed E-state index contributed by atoms with van der Waals surface area (Å²) in [6.45, 7) is 2.65. The average molecular weight is 277 g/mol. The second kappa shape index (κ2) is 4.17. The van der Waals surface area contributed by atoms with E-state index >= 15 is 0 Å². The molecule has 1 aromatic carbocycles. The standard InChI is InChI=1S/C12H9ClN4O2/c1-2-16-12-9(6-14-16)11(13)8-5-7(17(18)19)3-4-10(8)15-12/h3-6H,2H2,1H3. The van der Waals surface area contributed by atoms with Gasteiger partial charge in [-0.25, -0.2) is 9.67 Å². The van der Waals surface area contributed by atoms with Crippen LogP contribution in [0.1, 0.15) is 6.92 Å². The van der Waals surface area contributed by atoms with Crippen molar-refractivity contribution in [2.45, 2.75) is 13.5 Å². The van der Waals surface area contributed by atoms with E-state index in [0.717, 1.165) is 0 Å². The van der Waals surface area contributed by atoms with Gasteiger partial charge in [0, 0.05) is 24.1 Å². The zero-order valence-corrected chi connectivity index (χ0v) is 10.8. The van der Waals surface area contributed by atoms with Crippen LogP contribution in [0, 0.1) is 10.1 Å². The molecular formula is C12H9ClN4O2. The van der Waals surface area contributed by atoms with E-state index in [1.165, 1.54) is 12.1 Å². The number of nitro benzene ring substituents is 1. The maximum absolute atomic E-state index is 10.8. The quantitative estimate of drug-likeness (QED) is 0.532. The molecule has 96 valence electrons. The van der Waals surface area contributed by atoms with Gasteiger partial charge in [0.1, 0.15) is 0 Å². The van der Waals surface area contributed by atoms with E-state index in [4.69, 9.17) is 11.6 Å². The lowest BCUT2D eigenvalue weighted by Gasteiger charge is -2.03. The number of rotatable bonds is 2. The number of nitrogens with zero attached hydrogens (tertiary/aromatic N) is 4. The highest BCUT2D eigenvalue weighted by Gasteiger charge is 2.14. The van der Waals surface area contributed by atoms with Gasteiger partial charge in [-0.15, -0.1) is 0 Å². The number of aromatic nitrogens is 3. The van der Waals surface area contributed by atoms with E-state index < -0.39 is 4.92 Å². The molecule has 7 heteroatoms. The third-order valence-electron chi connectivity index (χ3n) is 3.00. The van der Waals surface area contributed by atoms with Crippen molar-refractivity contribution >= 4 is 39.2 Å². The van der Waals surface area contributed by atoms with E-state index in [1.54, 1.807) is 16.9 Å². The Balaban J connectivity index is 2.41. The molecule has 0 amide bonds. The van der Waals surface area contributed by atoms with Crippen molar-refractivity contribution in [3.63, 3.8) is 0 Å². The van der Waals surface area contributed by atoms with E-state index in [0.29, 0.717) is 33.5 Å². The molecule has 0 radical (unpaired) electrons. The Kier molecular flexibility index (Phi) is 2.60. The summed E-state index contributed by atoms with van der Waals surface area (Å²) in [6, 6.07) is 4.46. The second-order valence-corrected chi connectivity index (χ2v) is 4.46. The Labute approximate surface area is 112 Å². The highest BCUT2D eigenvalue weighted by molar-refractivity contribution is 6.40. The smallest absolute Gasteiger partial charge is 0.258 e. The van der Waals surface area contributed by atoms with Crippen molar-refractivity contribution in [3.8, 4) is 0 Å². The van der Waals surface area contributed by atoms with E-state index in [2.05, 4.69) is 10.1 Å². The Morgan fingerprint density at radius 2 is 2.21 bits per heavy atom. The van der Waals surface area contributed by atoms with Crippen LogP contribution in [0.25, 0.3) is 21.9 Å². The SMILES string of the molecule is CCn1ncc2c(Cl)c3cc([N+](=O)[O-])ccc3nc21. The first kappa shape index (κ1) is 11.9. The lowest BCUT2D eigenvalue weighted by atomic mass is 10.1. The molecule has 0 bridgehead atoms. The van der Waals surface area contributed by atoms with Crippen molar-refractivity contribution in [3.05, 3.63) is 39.5 Å². The number of nitro groups is 1.